The third-order valence-corrected chi connectivity index (χ3v) is 10.4. The Balaban J connectivity index is 3.28. The third kappa shape index (κ3) is 11.6. The highest BCUT2D eigenvalue weighted by Crippen LogP contribution is 2.69. The number of unbranched alkanes of at least 4 members (excludes halogenated alkanes) is 4. The molecule has 0 saturated heterocycles. The molecule has 0 saturated carbocycles. The maximum absolute atomic E-state index is 14.2. The van der Waals surface area contributed by atoms with Crippen molar-refractivity contribution in [3.8, 4) is 0 Å². The SMILES string of the molecule is CCCCOP(=O)(OCCCC)C(NCc1ccccc1)P(=O)(OCCCC)OCCCC. The molecule has 1 N–H and O–H groups in total. The zero-order chi connectivity index (χ0) is 24.4. The summed E-state index contributed by atoms with van der Waals surface area (Å²) < 4.78 is 51.8. The molecule has 0 aliphatic rings. The van der Waals surface area contributed by atoms with Crippen LogP contribution in [0.3, 0.4) is 0 Å². The van der Waals surface area contributed by atoms with E-state index in [0.29, 0.717) is 6.54 Å². The van der Waals surface area contributed by atoms with Gasteiger partial charge in [-0.1, -0.05) is 83.7 Å². The molecule has 0 aliphatic heterocycles. The van der Waals surface area contributed by atoms with Gasteiger partial charge in [0.2, 0.25) is 5.52 Å². The zero-order valence-electron chi connectivity index (χ0n) is 21.0. The Hall–Kier alpha value is -0.520. The van der Waals surface area contributed by atoms with Gasteiger partial charge in [0.1, 0.15) is 0 Å². The fourth-order valence-corrected chi connectivity index (χ4v) is 7.97. The topological polar surface area (TPSA) is 83.1 Å². The van der Waals surface area contributed by atoms with Crippen LogP contribution < -0.4 is 5.32 Å². The summed E-state index contributed by atoms with van der Waals surface area (Å²) in [7, 11) is -7.74. The van der Waals surface area contributed by atoms with E-state index in [2.05, 4.69) is 5.32 Å². The molecule has 9 heteroatoms. The Labute approximate surface area is 201 Å². The van der Waals surface area contributed by atoms with E-state index in [0.717, 1.165) is 56.9 Å². The van der Waals surface area contributed by atoms with Crippen LogP contribution in [0.4, 0.5) is 0 Å². The van der Waals surface area contributed by atoms with E-state index < -0.39 is 20.7 Å². The smallest absolute Gasteiger partial charge is 0.307 e. The Morgan fingerprint density at radius 1 is 0.667 bits per heavy atom. The van der Waals surface area contributed by atoms with E-state index in [1.165, 1.54) is 0 Å². The van der Waals surface area contributed by atoms with Gasteiger partial charge in [-0.25, -0.2) is 0 Å². The normalized spacial score (nSPS) is 12.5. The second-order valence-corrected chi connectivity index (χ2v) is 12.7. The molecule has 0 atom stereocenters. The first-order valence-corrected chi connectivity index (χ1v) is 15.7. The van der Waals surface area contributed by atoms with Crippen LogP contribution in [0.1, 0.15) is 84.6 Å². The molecule has 0 aliphatic carbocycles. The van der Waals surface area contributed by atoms with Gasteiger partial charge in [0, 0.05) is 6.54 Å². The quantitative estimate of drug-likeness (QED) is 0.135. The molecule has 1 aromatic carbocycles. The van der Waals surface area contributed by atoms with Crippen molar-refractivity contribution in [3.05, 3.63) is 35.9 Å². The third-order valence-electron chi connectivity index (χ3n) is 5.01. The number of hydrogen-bond acceptors (Lipinski definition) is 7. The molecule has 0 radical (unpaired) electrons. The lowest BCUT2D eigenvalue weighted by Crippen LogP contribution is -2.32. The van der Waals surface area contributed by atoms with Gasteiger partial charge in [-0.3, -0.25) is 14.4 Å². The van der Waals surface area contributed by atoms with Crippen LogP contribution in [0.15, 0.2) is 30.3 Å². The van der Waals surface area contributed by atoms with Crippen LogP contribution in [0.25, 0.3) is 0 Å². The van der Waals surface area contributed by atoms with E-state index in [1.807, 2.05) is 58.0 Å². The predicted molar refractivity (Wildman–Crippen MR) is 136 cm³/mol. The Bertz CT molecular complexity index is 637. The molecule has 0 spiro atoms. The average Bonchev–Trinajstić information content (AvgIpc) is 2.81. The Morgan fingerprint density at radius 3 is 1.36 bits per heavy atom. The first-order chi connectivity index (χ1) is 16.0. The van der Waals surface area contributed by atoms with Crippen molar-refractivity contribution >= 4 is 15.2 Å². The Morgan fingerprint density at radius 2 is 1.03 bits per heavy atom. The summed E-state index contributed by atoms with van der Waals surface area (Å²) in [5, 5.41) is 3.20. The summed E-state index contributed by atoms with van der Waals surface area (Å²) >= 11 is 0. The summed E-state index contributed by atoms with van der Waals surface area (Å²) in [5.74, 6) is 0. The molecular formula is C24H45NO6P2. The van der Waals surface area contributed by atoms with Gasteiger partial charge in [-0.2, -0.15) is 0 Å². The predicted octanol–water partition coefficient (Wildman–Crippen LogP) is 7.71. The average molecular weight is 506 g/mol. The van der Waals surface area contributed by atoms with Gasteiger partial charge < -0.3 is 18.1 Å². The summed E-state index contributed by atoms with van der Waals surface area (Å²) in [6.45, 7) is 9.49. The zero-order valence-corrected chi connectivity index (χ0v) is 22.8. The van der Waals surface area contributed by atoms with E-state index in [-0.39, 0.29) is 26.4 Å². The van der Waals surface area contributed by atoms with Gasteiger partial charge >= 0.3 is 15.2 Å². The lowest BCUT2D eigenvalue weighted by Gasteiger charge is -2.32. The minimum Gasteiger partial charge on any atom is -0.307 e. The number of rotatable bonds is 21. The summed E-state index contributed by atoms with van der Waals surface area (Å²) in [6, 6.07) is 9.68. The Kier molecular flexibility index (Phi) is 16.5. The second kappa shape index (κ2) is 17.8. The lowest BCUT2D eigenvalue weighted by molar-refractivity contribution is 0.172. The van der Waals surface area contributed by atoms with Gasteiger partial charge in [-0.15, -0.1) is 0 Å². The van der Waals surface area contributed by atoms with Gasteiger partial charge in [0.15, 0.2) is 0 Å². The van der Waals surface area contributed by atoms with Crippen molar-refractivity contribution in [3.63, 3.8) is 0 Å². The minimum atomic E-state index is -3.87. The molecule has 7 nitrogen and oxygen atoms in total. The summed E-state index contributed by atoms with van der Waals surface area (Å²) in [5.41, 5.74) is -0.238. The molecule has 1 aromatic rings. The largest absolute Gasteiger partial charge is 0.359 e. The molecule has 0 amide bonds. The van der Waals surface area contributed by atoms with Crippen LogP contribution >= 0.6 is 15.2 Å². The number of hydrogen-bond donors (Lipinski definition) is 1. The molecule has 0 heterocycles. The van der Waals surface area contributed by atoms with E-state index in [9.17, 15) is 9.13 Å². The maximum atomic E-state index is 14.2. The maximum Gasteiger partial charge on any atom is 0.359 e. The highest BCUT2D eigenvalue weighted by atomic mass is 31.2. The van der Waals surface area contributed by atoms with Crippen LogP contribution in [0.5, 0.6) is 0 Å². The summed E-state index contributed by atoms with van der Waals surface area (Å²) in [4.78, 5) is 0. The van der Waals surface area contributed by atoms with Crippen molar-refractivity contribution in [2.75, 3.05) is 26.4 Å². The van der Waals surface area contributed by atoms with Crippen LogP contribution in [-0.4, -0.2) is 32.0 Å². The van der Waals surface area contributed by atoms with E-state index >= 15 is 0 Å². The van der Waals surface area contributed by atoms with E-state index in [4.69, 9.17) is 18.1 Å². The molecular weight excluding hydrogens is 460 g/mol. The molecule has 0 unspecified atom stereocenters. The molecule has 33 heavy (non-hydrogen) atoms. The van der Waals surface area contributed by atoms with Crippen LogP contribution in [-0.2, 0) is 33.8 Å². The number of benzene rings is 1. The van der Waals surface area contributed by atoms with Crippen molar-refractivity contribution in [2.24, 2.45) is 0 Å². The molecule has 0 aromatic heterocycles. The van der Waals surface area contributed by atoms with Crippen molar-refractivity contribution in [2.45, 2.75) is 91.1 Å². The van der Waals surface area contributed by atoms with Crippen LogP contribution in [0, 0.1) is 0 Å². The van der Waals surface area contributed by atoms with Crippen molar-refractivity contribution < 1.29 is 27.2 Å². The van der Waals surface area contributed by atoms with Gasteiger partial charge in [-0.05, 0) is 31.2 Å². The highest BCUT2D eigenvalue weighted by Gasteiger charge is 2.51. The van der Waals surface area contributed by atoms with Crippen molar-refractivity contribution in [1.29, 1.82) is 0 Å². The van der Waals surface area contributed by atoms with Crippen LogP contribution in [0.2, 0.25) is 0 Å². The molecule has 0 fully saturated rings. The summed E-state index contributed by atoms with van der Waals surface area (Å²) in [6.07, 6.45) is 6.44. The minimum absolute atomic E-state index is 0.257. The standard InChI is InChI=1S/C24H45NO6P2/c1-5-9-18-28-32(26,29-19-10-6-2)24(25-22-23-16-14-13-15-17-23)33(27,30-20-11-7-3)31-21-12-8-4/h13-17,24-25H,5-12,18-22H2,1-4H3. The number of nitrogens with one attached hydrogen (secondary N) is 1. The second-order valence-electron chi connectivity index (χ2n) is 8.07. The molecule has 0 bridgehead atoms. The fraction of sp³-hybridized carbons (Fsp3) is 0.750. The lowest BCUT2D eigenvalue weighted by atomic mass is 10.2. The fourth-order valence-electron chi connectivity index (χ4n) is 2.90. The monoisotopic (exact) mass is 505 g/mol. The first kappa shape index (κ1) is 30.5. The van der Waals surface area contributed by atoms with Crippen molar-refractivity contribution in [1.82, 2.24) is 5.32 Å². The molecule has 1 rings (SSSR count). The molecule has 192 valence electrons. The first-order valence-electron chi connectivity index (χ1n) is 12.5. The van der Waals surface area contributed by atoms with Gasteiger partial charge in [0.05, 0.1) is 26.4 Å². The highest BCUT2D eigenvalue weighted by molar-refractivity contribution is 7.72. The van der Waals surface area contributed by atoms with E-state index in [1.54, 1.807) is 0 Å². The van der Waals surface area contributed by atoms with Gasteiger partial charge in [0.25, 0.3) is 0 Å².